The minimum atomic E-state index is 0. The third kappa shape index (κ3) is 209. The highest BCUT2D eigenvalue weighted by Gasteiger charge is 1.80. The van der Waals surface area contributed by atoms with Crippen LogP contribution < -0.4 is 0 Å². The van der Waals surface area contributed by atoms with Gasteiger partial charge in [0.05, 0.1) is 0 Å². The monoisotopic (exact) mass is 328 g/mol. The van der Waals surface area contributed by atoms with Gasteiger partial charge < -0.3 is 0 Å². The average molecular weight is 329 g/mol. The van der Waals surface area contributed by atoms with Crippen LogP contribution in [0.5, 0.6) is 0 Å². The first-order valence-corrected chi connectivity index (χ1v) is 9.42. The Bertz CT molecular complexity index is 153. The highest BCUT2D eigenvalue weighted by molar-refractivity contribution is 4.94. The molecule has 0 nitrogen and oxygen atoms in total. The van der Waals surface area contributed by atoms with Crippen LogP contribution in [-0.2, 0) is 0 Å². The van der Waals surface area contributed by atoms with Crippen molar-refractivity contribution in [2.24, 2.45) is 0 Å². The third-order valence-corrected chi connectivity index (χ3v) is 1.74. The molecule has 0 amide bonds. The standard InChI is InChI=1S/C7H16.C5H8.C4H6.3C2H6.CH4/c1-3-5-7-6-4-2;1-3-5-4-2;1-3-4-2;3*1-2;/h3-7H2,1-2H3;3-5H,1H2,2H3;1H,4H2,2H3;3*1-2H3;1H4. The van der Waals surface area contributed by atoms with Gasteiger partial charge in [-0.3, -0.25) is 0 Å². The van der Waals surface area contributed by atoms with Crippen LogP contribution in [0.25, 0.3) is 0 Å². The minimum absolute atomic E-state index is 0. The molecule has 0 spiro atoms. The van der Waals surface area contributed by atoms with Gasteiger partial charge in [0.1, 0.15) is 0 Å². The normalized spacial score (nSPS) is 6.48. The number of hydrogen-bond donors (Lipinski definition) is 0. The van der Waals surface area contributed by atoms with Gasteiger partial charge in [-0.25, -0.2) is 0 Å². The number of allylic oxidation sites excluding steroid dienone is 3. The van der Waals surface area contributed by atoms with E-state index in [2.05, 4.69) is 26.3 Å². The lowest BCUT2D eigenvalue weighted by Crippen LogP contribution is -1.70. The number of rotatable bonds is 5. The maximum atomic E-state index is 4.78. The number of terminal acetylenes is 1. The first-order valence-electron chi connectivity index (χ1n) is 9.42. The van der Waals surface area contributed by atoms with Gasteiger partial charge >= 0.3 is 0 Å². The van der Waals surface area contributed by atoms with Gasteiger partial charge in [-0.15, -0.1) is 12.3 Å². The maximum absolute atomic E-state index is 4.78. The molecule has 0 aromatic carbocycles. The molecule has 0 aliphatic heterocycles. The minimum Gasteiger partial charge on any atom is -0.120 e. The van der Waals surface area contributed by atoms with Crippen LogP contribution in [0.15, 0.2) is 24.8 Å². The Kier molecular flexibility index (Phi) is 194. The van der Waals surface area contributed by atoms with Crippen LogP contribution in [0, 0.1) is 12.3 Å². The van der Waals surface area contributed by atoms with Crippen LogP contribution in [-0.4, -0.2) is 0 Å². The first-order chi connectivity index (χ1) is 10.7. The van der Waals surface area contributed by atoms with Crippen molar-refractivity contribution in [3.8, 4) is 12.3 Å². The van der Waals surface area contributed by atoms with Gasteiger partial charge in [0.25, 0.3) is 0 Å². The predicted octanol–water partition coefficient (Wildman–Crippen LogP) is 9.47. The topological polar surface area (TPSA) is 0 Å². The molecule has 0 saturated heterocycles. The molecule has 0 aliphatic carbocycles. The van der Waals surface area contributed by atoms with Crippen LogP contribution in [0.3, 0.4) is 0 Å². The molecule has 0 aromatic heterocycles. The van der Waals surface area contributed by atoms with Crippen molar-refractivity contribution in [2.45, 2.75) is 115 Å². The van der Waals surface area contributed by atoms with Crippen molar-refractivity contribution < 1.29 is 0 Å². The van der Waals surface area contributed by atoms with E-state index in [1.165, 1.54) is 32.1 Å². The van der Waals surface area contributed by atoms with Gasteiger partial charge in [-0.2, -0.15) is 0 Å². The van der Waals surface area contributed by atoms with Crippen molar-refractivity contribution in [1.82, 2.24) is 0 Å². The van der Waals surface area contributed by atoms with Gasteiger partial charge in [0.15, 0.2) is 0 Å². The van der Waals surface area contributed by atoms with Crippen LogP contribution in [0.2, 0.25) is 0 Å². The summed E-state index contributed by atoms with van der Waals surface area (Å²) >= 11 is 0. The van der Waals surface area contributed by atoms with E-state index < -0.39 is 0 Å². The van der Waals surface area contributed by atoms with Gasteiger partial charge in [-0.05, 0) is 6.92 Å². The second-order valence-electron chi connectivity index (χ2n) is 3.38. The SMILES string of the molecule is C.C#CCC.C=CC=CC.CC.CC.CC.CCCCCCC. The molecule has 0 aliphatic rings. The van der Waals surface area contributed by atoms with E-state index in [1.54, 1.807) is 6.08 Å². The summed E-state index contributed by atoms with van der Waals surface area (Å²) in [6.45, 7) is 23.9. The highest BCUT2D eigenvalue weighted by Crippen LogP contribution is 2.00. The molecule has 0 saturated carbocycles. The Morgan fingerprint density at radius 3 is 1.22 bits per heavy atom. The fourth-order valence-electron chi connectivity index (χ4n) is 0.813. The summed E-state index contributed by atoms with van der Waals surface area (Å²) in [5, 5.41) is 0. The zero-order valence-electron chi connectivity index (χ0n) is 17.8. The number of hydrogen-bond acceptors (Lipinski definition) is 0. The molecule has 0 N–H and O–H groups in total. The van der Waals surface area contributed by atoms with E-state index in [0.29, 0.717) is 0 Å². The van der Waals surface area contributed by atoms with Crippen LogP contribution >= 0.6 is 0 Å². The van der Waals surface area contributed by atoms with Gasteiger partial charge in [0.2, 0.25) is 0 Å². The Balaban J connectivity index is -0.0000000287. The van der Waals surface area contributed by atoms with E-state index in [4.69, 9.17) is 6.42 Å². The second kappa shape index (κ2) is 103. The summed E-state index contributed by atoms with van der Waals surface area (Å²) in [5.74, 6) is 2.43. The molecular weight excluding hydrogens is 276 g/mol. The molecule has 0 rings (SSSR count). The fraction of sp³-hybridized carbons (Fsp3) is 0.739. The summed E-state index contributed by atoms with van der Waals surface area (Å²) in [5.41, 5.74) is 0. The second-order valence-corrected chi connectivity index (χ2v) is 3.38. The predicted molar refractivity (Wildman–Crippen MR) is 119 cm³/mol. The van der Waals surface area contributed by atoms with Crippen molar-refractivity contribution >= 4 is 0 Å². The molecule has 0 radical (unpaired) electrons. The molecular formula is C23H52. The smallest absolute Gasteiger partial charge is 0.00576 e. The highest BCUT2D eigenvalue weighted by atomic mass is 13.9. The van der Waals surface area contributed by atoms with E-state index in [1.807, 2.05) is 67.5 Å². The molecule has 0 aromatic rings. The third-order valence-electron chi connectivity index (χ3n) is 1.74. The molecule has 0 heterocycles. The lowest BCUT2D eigenvalue weighted by atomic mass is 10.2. The van der Waals surface area contributed by atoms with Crippen molar-refractivity contribution in [1.29, 1.82) is 0 Å². The zero-order chi connectivity index (χ0) is 19.1. The molecule has 23 heavy (non-hydrogen) atoms. The van der Waals surface area contributed by atoms with Crippen LogP contribution in [0.4, 0.5) is 0 Å². The summed E-state index contributed by atoms with van der Waals surface area (Å²) in [7, 11) is 0. The Morgan fingerprint density at radius 1 is 0.826 bits per heavy atom. The molecule has 0 fully saturated rings. The first kappa shape index (κ1) is 43.1. The quantitative estimate of drug-likeness (QED) is 0.268. The van der Waals surface area contributed by atoms with Crippen LogP contribution in [0.1, 0.15) is 115 Å². The van der Waals surface area contributed by atoms with Crippen molar-refractivity contribution in [3.05, 3.63) is 24.8 Å². The van der Waals surface area contributed by atoms with Crippen molar-refractivity contribution in [2.75, 3.05) is 0 Å². The Labute approximate surface area is 152 Å². The van der Waals surface area contributed by atoms with Crippen molar-refractivity contribution in [3.63, 3.8) is 0 Å². The van der Waals surface area contributed by atoms with E-state index in [-0.39, 0.29) is 7.43 Å². The van der Waals surface area contributed by atoms with E-state index >= 15 is 0 Å². The molecule has 0 atom stereocenters. The van der Waals surface area contributed by atoms with E-state index in [9.17, 15) is 0 Å². The molecule has 0 unspecified atom stereocenters. The maximum Gasteiger partial charge on any atom is 0.00576 e. The zero-order valence-corrected chi connectivity index (χ0v) is 17.8. The number of unbranched alkanes of at least 4 members (excludes halogenated alkanes) is 4. The van der Waals surface area contributed by atoms with Gasteiger partial charge in [-0.1, -0.05) is 127 Å². The molecule has 0 bridgehead atoms. The Hall–Kier alpha value is -0.960. The van der Waals surface area contributed by atoms with E-state index in [0.717, 1.165) is 6.42 Å². The fourth-order valence-corrected chi connectivity index (χ4v) is 0.813. The summed E-state index contributed by atoms with van der Waals surface area (Å²) in [6.07, 6.45) is 18.2. The lowest BCUT2D eigenvalue weighted by Gasteiger charge is -1.90. The summed E-state index contributed by atoms with van der Waals surface area (Å²) in [4.78, 5) is 0. The lowest BCUT2D eigenvalue weighted by molar-refractivity contribution is 0.656. The average Bonchev–Trinajstić information content (AvgIpc) is 2.62. The van der Waals surface area contributed by atoms with Gasteiger partial charge in [0, 0.05) is 6.42 Å². The Morgan fingerprint density at radius 2 is 1.13 bits per heavy atom. The molecule has 144 valence electrons. The summed E-state index contributed by atoms with van der Waals surface area (Å²) in [6, 6.07) is 0. The summed E-state index contributed by atoms with van der Waals surface area (Å²) < 4.78 is 0. The molecule has 0 heteroatoms. The largest absolute Gasteiger partial charge is 0.120 e.